The van der Waals surface area contributed by atoms with Gasteiger partial charge in [-0.05, 0) is 29.3 Å². The predicted molar refractivity (Wildman–Crippen MR) is 78.3 cm³/mol. The minimum absolute atomic E-state index is 0.118. The van der Waals surface area contributed by atoms with E-state index < -0.39 is 12.0 Å². The number of phenolic OH excluding ortho intramolecular Hbond substituents is 1. The van der Waals surface area contributed by atoms with Gasteiger partial charge in [0.05, 0.1) is 0 Å². The molecule has 1 aliphatic heterocycles. The number of para-hydroxylation sites is 1. The molecular weight excluding hydrogens is 286 g/mol. The molecule has 0 bridgehead atoms. The maximum Gasteiger partial charge on any atom is 0.249 e. The molecular formula is C18H16F2O2. The third kappa shape index (κ3) is 2.14. The van der Waals surface area contributed by atoms with Crippen LogP contribution in [0.25, 0.3) is 0 Å². The fourth-order valence-electron chi connectivity index (χ4n) is 3.80. The molecule has 2 aliphatic rings. The second-order valence-corrected chi connectivity index (χ2v) is 6.20. The van der Waals surface area contributed by atoms with Crippen LogP contribution in [-0.4, -0.2) is 11.0 Å². The molecule has 0 spiro atoms. The first-order valence-electron chi connectivity index (χ1n) is 7.46. The van der Waals surface area contributed by atoms with Crippen molar-refractivity contribution in [3.63, 3.8) is 0 Å². The Morgan fingerprint density at radius 3 is 2.50 bits per heavy atom. The Morgan fingerprint density at radius 1 is 1.00 bits per heavy atom. The number of aromatic hydroxyl groups is 1. The summed E-state index contributed by atoms with van der Waals surface area (Å²) < 4.78 is 34.0. The fourth-order valence-corrected chi connectivity index (χ4v) is 3.80. The highest BCUT2D eigenvalue weighted by Crippen LogP contribution is 2.58. The normalized spacial score (nSPS) is 28.5. The zero-order chi connectivity index (χ0) is 15.3. The number of halogens is 2. The Balaban J connectivity index is 1.79. The maximum absolute atomic E-state index is 14.0. The van der Waals surface area contributed by atoms with E-state index in [4.69, 9.17) is 4.74 Å². The van der Waals surface area contributed by atoms with E-state index >= 15 is 0 Å². The molecule has 1 fully saturated rings. The van der Waals surface area contributed by atoms with Crippen LogP contribution < -0.4 is 4.74 Å². The SMILES string of the molecule is Oc1ccc(C2Oc3ccccc3C3CC(F)(F)CC32)cc1. The van der Waals surface area contributed by atoms with Crippen molar-refractivity contribution >= 4 is 0 Å². The van der Waals surface area contributed by atoms with Gasteiger partial charge in [0.1, 0.15) is 17.6 Å². The van der Waals surface area contributed by atoms with Gasteiger partial charge < -0.3 is 9.84 Å². The van der Waals surface area contributed by atoms with Crippen molar-refractivity contribution in [2.45, 2.75) is 30.8 Å². The van der Waals surface area contributed by atoms with E-state index in [1.165, 1.54) is 0 Å². The van der Waals surface area contributed by atoms with Crippen LogP contribution >= 0.6 is 0 Å². The zero-order valence-corrected chi connectivity index (χ0v) is 11.9. The zero-order valence-electron chi connectivity index (χ0n) is 11.9. The smallest absolute Gasteiger partial charge is 0.249 e. The van der Waals surface area contributed by atoms with Crippen LogP contribution in [0.2, 0.25) is 0 Å². The Hall–Kier alpha value is -2.10. The van der Waals surface area contributed by atoms with Crippen LogP contribution in [0.3, 0.4) is 0 Å². The minimum atomic E-state index is -2.65. The van der Waals surface area contributed by atoms with E-state index in [2.05, 4.69) is 0 Å². The lowest BCUT2D eigenvalue weighted by Gasteiger charge is -2.35. The Kier molecular flexibility index (Phi) is 2.90. The van der Waals surface area contributed by atoms with Gasteiger partial charge in [0.15, 0.2) is 0 Å². The molecule has 1 aliphatic carbocycles. The first-order chi connectivity index (χ1) is 10.5. The molecule has 0 radical (unpaired) electrons. The van der Waals surface area contributed by atoms with E-state index in [1.54, 1.807) is 24.3 Å². The lowest BCUT2D eigenvalue weighted by Crippen LogP contribution is -2.26. The van der Waals surface area contributed by atoms with Crippen LogP contribution in [-0.2, 0) is 0 Å². The van der Waals surface area contributed by atoms with Gasteiger partial charge in [-0.1, -0.05) is 30.3 Å². The average molecular weight is 302 g/mol. The van der Waals surface area contributed by atoms with Crippen LogP contribution in [0.5, 0.6) is 11.5 Å². The van der Waals surface area contributed by atoms with Crippen molar-refractivity contribution in [2.24, 2.45) is 5.92 Å². The molecule has 1 N–H and O–H groups in total. The standard InChI is InChI=1S/C18H16F2O2/c19-18(20)9-14-13-3-1-2-4-16(13)22-17(15(14)10-18)11-5-7-12(21)8-6-11/h1-8,14-15,17,21H,9-10H2. The third-order valence-corrected chi connectivity index (χ3v) is 4.75. The maximum atomic E-state index is 14.0. The number of hydrogen-bond acceptors (Lipinski definition) is 2. The molecule has 3 atom stereocenters. The van der Waals surface area contributed by atoms with Crippen LogP contribution in [0, 0.1) is 5.92 Å². The first-order valence-corrected chi connectivity index (χ1v) is 7.46. The van der Waals surface area contributed by atoms with Crippen LogP contribution in [0.1, 0.15) is 36.0 Å². The summed E-state index contributed by atoms with van der Waals surface area (Å²) >= 11 is 0. The molecule has 0 amide bonds. The number of alkyl halides is 2. The number of benzene rings is 2. The van der Waals surface area contributed by atoms with E-state index in [1.807, 2.05) is 24.3 Å². The topological polar surface area (TPSA) is 29.5 Å². The summed E-state index contributed by atoms with van der Waals surface area (Å²) in [4.78, 5) is 0. The van der Waals surface area contributed by atoms with Gasteiger partial charge >= 0.3 is 0 Å². The molecule has 1 saturated carbocycles. The van der Waals surface area contributed by atoms with Gasteiger partial charge in [0.2, 0.25) is 5.92 Å². The molecule has 2 aromatic carbocycles. The van der Waals surface area contributed by atoms with E-state index in [-0.39, 0.29) is 30.4 Å². The molecule has 22 heavy (non-hydrogen) atoms. The van der Waals surface area contributed by atoms with Crippen LogP contribution in [0.15, 0.2) is 48.5 Å². The van der Waals surface area contributed by atoms with Crippen molar-refractivity contribution < 1.29 is 18.6 Å². The summed E-state index contributed by atoms with van der Waals surface area (Å²) in [6.45, 7) is 0. The Bertz CT molecular complexity index is 696. The Labute approximate surface area is 127 Å². The number of hydrogen-bond donors (Lipinski definition) is 1. The second kappa shape index (κ2) is 4.70. The monoisotopic (exact) mass is 302 g/mol. The van der Waals surface area contributed by atoms with Gasteiger partial charge in [-0.15, -0.1) is 0 Å². The van der Waals surface area contributed by atoms with E-state index in [0.717, 1.165) is 11.1 Å². The van der Waals surface area contributed by atoms with Gasteiger partial charge in [0.25, 0.3) is 0 Å². The van der Waals surface area contributed by atoms with E-state index in [0.29, 0.717) is 5.75 Å². The van der Waals surface area contributed by atoms with Crippen LogP contribution in [0.4, 0.5) is 8.78 Å². The molecule has 2 nitrogen and oxygen atoms in total. The number of fused-ring (bicyclic) bond motifs is 3. The van der Waals surface area contributed by atoms with Gasteiger partial charge in [-0.3, -0.25) is 0 Å². The molecule has 0 saturated heterocycles. The van der Waals surface area contributed by atoms with Crippen molar-refractivity contribution in [1.82, 2.24) is 0 Å². The van der Waals surface area contributed by atoms with Gasteiger partial charge in [0, 0.05) is 24.7 Å². The molecule has 4 rings (SSSR count). The highest BCUT2D eigenvalue weighted by Gasteiger charge is 2.53. The second-order valence-electron chi connectivity index (χ2n) is 6.20. The summed E-state index contributed by atoms with van der Waals surface area (Å²) in [6, 6.07) is 14.1. The molecule has 4 heteroatoms. The lowest BCUT2D eigenvalue weighted by molar-refractivity contribution is -0.00231. The van der Waals surface area contributed by atoms with Crippen molar-refractivity contribution in [3.8, 4) is 11.5 Å². The number of ether oxygens (including phenoxy) is 1. The first kappa shape index (κ1) is 13.6. The molecule has 0 aromatic heterocycles. The molecule has 1 heterocycles. The summed E-state index contributed by atoms with van der Waals surface area (Å²) in [5.74, 6) is -2.22. The van der Waals surface area contributed by atoms with Crippen molar-refractivity contribution in [2.75, 3.05) is 0 Å². The minimum Gasteiger partial charge on any atom is -0.508 e. The predicted octanol–water partition coefficient (Wildman–Crippen LogP) is 4.65. The molecule has 3 unspecified atom stereocenters. The van der Waals surface area contributed by atoms with E-state index in [9.17, 15) is 13.9 Å². The summed E-state index contributed by atoms with van der Waals surface area (Å²) in [6.07, 6.45) is -0.668. The van der Waals surface area contributed by atoms with Gasteiger partial charge in [-0.25, -0.2) is 8.78 Å². The number of rotatable bonds is 1. The van der Waals surface area contributed by atoms with Crippen molar-refractivity contribution in [3.05, 3.63) is 59.7 Å². The summed E-state index contributed by atoms with van der Waals surface area (Å²) in [5, 5.41) is 9.42. The quantitative estimate of drug-likeness (QED) is 0.830. The third-order valence-electron chi connectivity index (χ3n) is 4.75. The summed E-state index contributed by atoms with van der Waals surface area (Å²) in [7, 11) is 0. The summed E-state index contributed by atoms with van der Waals surface area (Å²) in [5.41, 5.74) is 1.72. The highest BCUT2D eigenvalue weighted by molar-refractivity contribution is 5.42. The Morgan fingerprint density at radius 2 is 1.73 bits per heavy atom. The largest absolute Gasteiger partial charge is 0.508 e. The molecule has 2 aromatic rings. The fraction of sp³-hybridized carbons (Fsp3) is 0.333. The van der Waals surface area contributed by atoms with Crippen molar-refractivity contribution in [1.29, 1.82) is 0 Å². The number of phenols is 1. The lowest BCUT2D eigenvalue weighted by atomic mass is 9.80. The molecule has 114 valence electrons. The average Bonchev–Trinajstić information content (AvgIpc) is 2.83. The van der Waals surface area contributed by atoms with Gasteiger partial charge in [-0.2, -0.15) is 0 Å². The highest BCUT2D eigenvalue weighted by atomic mass is 19.3.